The van der Waals surface area contributed by atoms with E-state index in [0.29, 0.717) is 18.8 Å². The summed E-state index contributed by atoms with van der Waals surface area (Å²) in [5.41, 5.74) is 5.81. The third-order valence-corrected chi connectivity index (χ3v) is 6.85. The molecule has 3 N–H and O–H groups in total. The van der Waals surface area contributed by atoms with Gasteiger partial charge in [0, 0.05) is 42.0 Å². The van der Waals surface area contributed by atoms with Crippen molar-refractivity contribution < 1.29 is 23.1 Å². The van der Waals surface area contributed by atoms with Crippen LogP contribution in [0.25, 0.3) is 11.3 Å². The van der Waals surface area contributed by atoms with E-state index in [4.69, 9.17) is 5.73 Å². The van der Waals surface area contributed by atoms with E-state index in [1.807, 2.05) is 24.6 Å². The number of aromatic nitrogens is 3. The van der Waals surface area contributed by atoms with Crippen molar-refractivity contribution >= 4 is 11.9 Å². The van der Waals surface area contributed by atoms with Crippen LogP contribution < -0.4 is 5.73 Å². The number of rotatable bonds is 4. The second kappa shape index (κ2) is 6.86. The largest absolute Gasteiger partial charge is 0.465 e. The summed E-state index contributed by atoms with van der Waals surface area (Å²) in [5.74, 6) is -0.0125. The minimum Gasteiger partial charge on any atom is -0.465 e. The lowest BCUT2D eigenvalue weighted by molar-refractivity contribution is -0.137. The van der Waals surface area contributed by atoms with Gasteiger partial charge in [0.2, 0.25) is 0 Å². The first-order valence-electron chi connectivity index (χ1n) is 10.3. The zero-order valence-electron chi connectivity index (χ0n) is 17.8. The summed E-state index contributed by atoms with van der Waals surface area (Å²) in [6, 6.07) is 2.82. The van der Waals surface area contributed by atoms with E-state index in [2.05, 4.69) is 23.9 Å². The van der Waals surface area contributed by atoms with E-state index in [0.717, 1.165) is 11.8 Å². The Morgan fingerprint density at radius 1 is 1.23 bits per heavy atom. The van der Waals surface area contributed by atoms with Crippen LogP contribution in [-0.2, 0) is 11.6 Å². The van der Waals surface area contributed by atoms with Crippen molar-refractivity contribution in [3.05, 3.63) is 29.6 Å². The van der Waals surface area contributed by atoms with Crippen LogP contribution in [-0.4, -0.2) is 44.0 Å². The van der Waals surface area contributed by atoms with Crippen LogP contribution in [0.4, 0.5) is 23.8 Å². The molecule has 2 aliphatic rings. The molecule has 168 valence electrons. The number of anilines is 1. The number of carboxylic acid groups (broad SMARTS) is 1. The van der Waals surface area contributed by atoms with Gasteiger partial charge in [-0.2, -0.15) is 18.3 Å². The van der Waals surface area contributed by atoms with E-state index in [-0.39, 0.29) is 34.8 Å². The monoisotopic (exact) mass is 437 g/mol. The zero-order valence-corrected chi connectivity index (χ0v) is 17.8. The molecule has 2 aromatic heterocycles. The van der Waals surface area contributed by atoms with Gasteiger partial charge in [-0.25, -0.2) is 9.78 Å². The van der Waals surface area contributed by atoms with Gasteiger partial charge in [-0.3, -0.25) is 4.68 Å². The van der Waals surface area contributed by atoms with Gasteiger partial charge in [0.25, 0.3) is 0 Å². The number of pyridine rings is 1. The second-order valence-electron chi connectivity index (χ2n) is 9.10. The van der Waals surface area contributed by atoms with Gasteiger partial charge < -0.3 is 15.7 Å². The molecule has 31 heavy (non-hydrogen) atoms. The van der Waals surface area contributed by atoms with Crippen LogP contribution >= 0.6 is 0 Å². The molecule has 0 bridgehead atoms. The van der Waals surface area contributed by atoms with Crippen molar-refractivity contribution in [2.75, 3.05) is 18.8 Å². The highest BCUT2D eigenvalue weighted by atomic mass is 19.4. The smallest absolute Gasteiger partial charge is 0.419 e. The van der Waals surface area contributed by atoms with Gasteiger partial charge in [0.05, 0.1) is 11.3 Å². The van der Waals surface area contributed by atoms with E-state index in [1.165, 1.54) is 11.1 Å². The SMILES string of the molecule is CC(C)n1nc(-c2cnc(N)c(C(F)(F)F)c2)cc1C1(C(C)C)[C@@H]2CN(C(=O)O)C[C@@H]21. The Hall–Kier alpha value is -2.78. The lowest BCUT2D eigenvalue weighted by atomic mass is 9.83. The Morgan fingerprint density at radius 2 is 1.84 bits per heavy atom. The number of fused-ring (bicyclic) bond motifs is 1. The predicted octanol–water partition coefficient (Wildman–Crippen LogP) is 4.26. The quantitative estimate of drug-likeness (QED) is 0.745. The number of alkyl halides is 3. The predicted molar refractivity (Wildman–Crippen MR) is 108 cm³/mol. The van der Waals surface area contributed by atoms with Gasteiger partial charge in [-0.15, -0.1) is 0 Å². The zero-order chi connectivity index (χ0) is 22.9. The number of piperidine rings is 1. The summed E-state index contributed by atoms with van der Waals surface area (Å²) in [6.07, 6.45) is -4.22. The standard InChI is InChI=1S/C21H26F3N5O2/c1-10(2)20(14-8-28(19(30)31)9-15(14)20)17-6-16(27-29(17)11(3)4)12-5-13(21(22,23)24)18(25)26-7-12/h5-7,10-11,14-15H,8-9H2,1-4H3,(H2,25,26)(H,30,31)/t14-,15+,20?. The Balaban J connectivity index is 1.79. The lowest BCUT2D eigenvalue weighted by Gasteiger charge is -2.30. The number of nitrogens with two attached hydrogens (primary N) is 1. The highest BCUT2D eigenvalue weighted by Gasteiger charge is 2.71. The molecule has 1 unspecified atom stereocenters. The first kappa shape index (κ1) is 21.5. The highest BCUT2D eigenvalue weighted by molar-refractivity contribution is 5.67. The third-order valence-electron chi connectivity index (χ3n) is 6.85. The maximum atomic E-state index is 13.3. The molecular weight excluding hydrogens is 411 g/mol. The Labute approximate surface area is 178 Å². The maximum absolute atomic E-state index is 13.3. The van der Waals surface area contributed by atoms with Crippen molar-refractivity contribution in [3.63, 3.8) is 0 Å². The topological polar surface area (TPSA) is 97.3 Å². The summed E-state index contributed by atoms with van der Waals surface area (Å²) in [5, 5.41) is 14.0. The number of halogens is 3. The minimum absolute atomic E-state index is 0.0138. The normalized spacial score (nSPS) is 25.4. The van der Waals surface area contributed by atoms with Gasteiger partial charge in [-0.05, 0) is 43.7 Å². The molecule has 1 amide bonds. The van der Waals surface area contributed by atoms with E-state index in [9.17, 15) is 23.1 Å². The molecule has 3 heterocycles. The Kier molecular flexibility index (Phi) is 4.75. The number of carbonyl (C=O) groups is 1. The van der Waals surface area contributed by atoms with E-state index < -0.39 is 23.7 Å². The van der Waals surface area contributed by atoms with Crippen molar-refractivity contribution in [3.8, 4) is 11.3 Å². The average molecular weight is 437 g/mol. The number of nitrogens with zero attached hydrogens (tertiary/aromatic N) is 4. The molecule has 2 aromatic rings. The molecule has 1 saturated heterocycles. The molecule has 1 saturated carbocycles. The van der Waals surface area contributed by atoms with Crippen LogP contribution in [0.5, 0.6) is 0 Å². The number of likely N-dealkylation sites (tertiary alicyclic amines) is 1. The lowest BCUT2D eigenvalue weighted by Crippen LogP contribution is -2.37. The van der Waals surface area contributed by atoms with Crippen LogP contribution in [0.15, 0.2) is 18.3 Å². The fourth-order valence-electron chi connectivity index (χ4n) is 5.45. The molecule has 1 aliphatic heterocycles. The van der Waals surface area contributed by atoms with Crippen LogP contribution in [0.2, 0.25) is 0 Å². The van der Waals surface area contributed by atoms with E-state index >= 15 is 0 Å². The molecule has 2 fully saturated rings. The van der Waals surface area contributed by atoms with E-state index in [1.54, 1.807) is 0 Å². The molecule has 4 rings (SSSR count). The van der Waals surface area contributed by atoms with Crippen molar-refractivity contribution in [2.24, 2.45) is 17.8 Å². The number of hydrogen-bond donors (Lipinski definition) is 2. The number of hydrogen-bond acceptors (Lipinski definition) is 4. The van der Waals surface area contributed by atoms with Crippen molar-refractivity contribution in [2.45, 2.75) is 45.3 Å². The van der Waals surface area contributed by atoms with Gasteiger partial charge >= 0.3 is 12.3 Å². The molecule has 0 spiro atoms. The first-order valence-corrected chi connectivity index (χ1v) is 10.3. The molecule has 0 radical (unpaired) electrons. The van der Waals surface area contributed by atoms with Crippen molar-refractivity contribution in [1.29, 1.82) is 0 Å². The average Bonchev–Trinajstić information content (AvgIpc) is 3.03. The summed E-state index contributed by atoms with van der Waals surface area (Å²) in [4.78, 5) is 16.6. The fourth-order valence-corrected chi connectivity index (χ4v) is 5.45. The fraction of sp³-hybridized carbons (Fsp3) is 0.571. The molecule has 3 atom stereocenters. The first-order chi connectivity index (χ1) is 14.4. The number of amides is 1. The van der Waals surface area contributed by atoms with Crippen LogP contribution in [0, 0.1) is 17.8 Å². The maximum Gasteiger partial charge on any atom is 0.419 e. The Bertz CT molecular complexity index is 1020. The second-order valence-corrected chi connectivity index (χ2v) is 9.10. The Morgan fingerprint density at radius 3 is 2.32 bits per heavy atom. The summed E-state index contributed by atoms with van der Waals surface area (Å²) < 4.78 is 41.8. The van der Waals surface area contributed by atoms with Gasteiger partial charge in [-0.1, -0.05) is 13.8 Å². The molecule has 7 nitrogen and oxygen atoms in total. The van der Waals surface area contributed by atoms with Gasteiger partial charge in [0.15, 0.2) is 0 Å². The van der Waals surface area contributed by atoms with Gasteiger partial charge in [0.1, 0.15) is 5.82 Å². The molecule has 1 aliphatic carbocycles. The minimum atomic E-state index is -4.61. The summed E-state index contributed by atoms with van der Waals surface area (Å²) in [6.45, 7) is 9.06. The third kappa shape index (κ3) is 3.14. The summed E-state index contributed by atoms with van der Waals surface area (Å²) in [7, 11) is 0. The van der Waals surface area contributed by atoms with Crippen molar-refractivity contribution in [1.82, 2.24) is 19.7 Å². The molecular formula is C21H26F3N5O2. The molecule has 0 aromatic carbocycles. The molecule has 10 heteroatoms. The van der Waals surface area contributed by atoms with Crippen LogP contribution in [0.3, 0.4) is 0 Å². The van der Waals surface area contributed by atoms with Crippen LogP contribution in [0.1, 0.15) is 45.0 Å². The summed E-state index contributed by atoms with van der Waals surface area (Å²) >= 11 is 0. The number of nitrogen functional groups attached to an aromatic ring is 1. The highest BCUT2D eigenvalue weighted by Crippen LogP contribution is 2.67.